The molecule has 0 saturated heterocycles. The molecule has 0 saturated carbocycles. The third-order valence-corrected chi connectivity index (χ3v) is 2.87. The minimum absolute atomic E-state index is 0.0370. The lowest BCUT2D eigenvalue weighted by Crippen LogP contribution is -2.40. The summed E-state index contributed by atoms with van der Waals surface area (Å²) >= 11 is 5.93. The van der Waals surface area contributed by atoms with Gasteiger partial charge in [-0.1, -0.05) is 28.9 Å². The van der Waals surface area contributed by atoms with Crippen molar-refractivity contribution in [1.29, 1.82) is 0 Å². The van der Waals surface area contributed by atoms with Gasteiger partial charge >= 0.3 is 0 Å². The zero-order chi connectivity index (χ0) is 15.5. The lowest BCUT2D eigenvalue weighted by atomic mass is 10.1. The lowest BCUT2D eigenvalue weighted by molar-refractivity contribution is -0.122. The number of nitrogens with one attached hydrogen (secondary N) is 1. The second kappa shape index (κ2) is 6.26. The van der Waals surface area contributed by atoms with Gasteiger partial charge < -0.3 is 9.84 Å². The molecular formula is C15H18ClN3O2. The van der Waals surface area contributed by atoms with E-state index in [0.717, 1.165) is 5.56 Å². The van der Waals surface area contributed by atoms with Gasteiger partial charge in [-0.25, -0.2) is 0 Å². The molecule has 1 amide bonds. The fraction of sp³-hybridized carbons (Fsp3) is 0.400. The SMILES string of the molecule is CC(C)(C)NC(=O)CCc1nc(-c2cccc(Cl)c2)no1. The number of hydrogen-bond acceptors (Lipinski definition) is 4. The number of benzene rings is 1. The van der Waals surface area contributed by atoms with Gasteiger partial charge in [-0.3, -0.25) is 4.79 Å². The molecule has 1 aromatic carbocycles. The first-order chi connectivity index (χ1) is 9.83. The highest BCUT2D eigenvalue weighted by Crippen LogP contribution is 2.20. The number of aromatic nitrogens is 2. The van der Waals surface area contributed by atoms with E-state index < -0.39 is 0 Å². The topological polar surface area (TPSA) is 68.0 Å². The van der Waals surface area contributed by atoms with Crippen LogP contribution in [0.3, 0.4) is 0 Å². The Labute approximate surface area is 128 Å². The van der Waals surface area contributed by atoms with Crippen LogP contribution in [0.1, 0.15) is 33.1 Å². The van der Waals surface area contributed by atoms with Gasteiger partial charge in [0.1, 0.15) is 0 Å². The van der Waals surface area contributed by atoms with Crippen LogP contribution in [0.4, 0.5) is 0 Å². The molecule has 0 unspecified atom stereocenters. The maximum Gasteiger partial charge on any atom is 0.227 e. The third kappa shape index (κ3) is 4.86. The molecule has 6 heteroatoms. The maximum atomic E-state index is 11.7. The summed E-state index contributed by atoms with van der Waals surface area (Å²) in [5.74, 6) is 0.878. The third-order valence-electron chi connectivity index (χ3n) is 2.63. The Morgan fingerprint density at radius 3 is 2.81 bits per heavy atom. The van der Waals surface area contributed by atoms with Crippen molar-refractivity contribution in [2.75, 3.05) is 0 Å². The highest BCUT2D eigenvalue weighted by molar-refractivity contribution is 6.30. The molecule has 0 aliphatic heterocycles. The van der Waals surface area contributed by atoms with Crippen molar-refractivity contribution in [3.05, 3.63) is 35.2 Å². The largest absolute Gasteiger partial charge is 0.351 e. The predicted molar refractivity (Wildman–Crippen MR) is 81.0 cm³/mol. The predicted octanol–water partition coefficient (Wildman–Crippen LogP) is 3.24. The van der Waals surface area contributed by atoms with Gasteiger partial charge in [-0.15, -0.1) is 0 Å². The van der Waals surface area contributed by atoms with E-state index in [1.807, 2.05) is 32.9 Å². The van der Waals surface area contributed by atoms with Crippen LogP contribution in [0.2, 0.25) is 5.02 Å². The quantitative estimate of drug-likeness (QED) is 0.941. The van der Waals surface area contributed by atoms with E-state index in [4.69, 9.17) is 16.1 Å². The molecule has 0 radical (unpaired) electrons. The van der Waals surface area contributed by atoms with Crippen LogP contribution in [-0.2, 0) is 11.2 Å². The second-order valence-corrected chi connectivity index (χ2v) is 6.26. The number of carbonyl (C=O) groups excluding carboxylic acids is 1. The molecule has 5 nitrogen and oxygen atoms in total. The Hall–Kier alpha value is -1.88. The number of amides is 1. The van der Waals surface area contributed by atoms with Crippen LogP contribution in [0, 0.1) is 0 Å². The first-order valence-electron chi connectivity index (χ1n) is 6.73. The molecule has 0 fully saturated rings. The minimum Gasteiger partial charge on any atom is -0.351 e. The van der Waals surface area contributed by atoms with Gasteiger partial charge in [-0.2, -0.15) is 4.98 Å². The van der Waals surface area contributed by atoms with E-state index in [1.165, 1.54) is 0 Å². The summed E-state index contributed by atoms with van der Waals surface area (Å²) in [7, 11) is 0. The Morgan fingerprint density at radius 2 is 2.14 bits per heavy atom. The highest BCUT2D eigenvalue weighted by atomic mass is 35.5. The summed E-state index contributed by atoms with van der Waals surface area (Å²) in [5, 5.41) is 7.41. The summed E-state index contributed by atoms with van der Waals surface area (Å²) in [6, 6.07) is 7.22. The molecule has 2 aromatic rings. The Kier molecular flexibility index (Phi) is 4.63. The maximum absolute atomic E-state index is 11.7. The van der Waals surface area contributed by atoms with E-state index in [2.05, 4.69) is 15.5 Å². The molecular weight excluding hydrogens is 290 g/mol. The van der Waals surface area contributed by atoms with Gasteiger partial charge in [0.15, 0.2) is 0 Å². The van der Waals surface area contributed by atoms with Crippen molar-refractivity contribution < 1.29 is 9.32 Å². The van der Waals surface area contributed by atoms with Crippen LogP contribution in [0.5, 0.6) is 0 Å². The molecule has 112 valence electrons. The first-order valence-corrected chi connectivity index (χ1v) is 7.11. The summed E-state index contributed by atoms with van der Waals surface area (Å²) < 4.78 is 5.16. The zero-order valence-corrected chi connectivity index (χ0v) is 13.1. The van der Waals surface area contributed by atoms with Crippen LogP contribution in [0.25, 0.3) is 11.4 Å². The van der Waals surface area contributed by atoms with Crippen LogP contribution < -0.4 is 5.32 Å². The first kappa shape index (κ1) is 15.5. The average Bonchev–Trinajstić information content (AvgIpc) is 2.83. The van der Waals surface area contributed by atoms with Crippen molar-refractivity contribution >= 4 is 17.5 Å². The van der Waals surface area contributed by atoms with E-state index in [1.54, 1.807) is 12.1 Å². The second-order valence-electron chi connectivity index (χ2n) is 5.82. The lowest BCUT2D eigenvalue weighted by Gasteiger charge is -2.20. The molecule has 0 aliphatic rings. The van der Waals surface area contributed by atoms with Gasteiger partial charge in [-0.05, 0) is 32.9 Å². The Morgan fingerprint density at radius 1 is 1.38 bits per heavy atom. The zero-order valence-electron chi connectivity index (χ0n) is 12.3. The Balaban J connectivity index is 1.96. The summed E-state index contributed by atoms with van der Waals surface area (Å²) in [5.41, 5.74) is 0.550. The van der Waals surface area contributed by atoms with E-state index in [-0.39, 0.29) is 11.4 Å². The molecule has 0 aliphatic carbocycles. The fourth-order valence-corrected chi connectivity index (χ4v) is 1.99. The highest BCUT2D eigenvalue weighted by Gasteiger charge is 2.15. The molecule has 1 N–H and O–H groups in total. The van der Waals surface area contributed by atoms with E-state index in [0.29, 0.717) is 29.6 Å². The van der Waals surface area contributed by atoms with Crippen molar-refractivity contribution in [3.63, 3.8) is 0 Å². The molecule has 0 bridgehead atoms. The number of carbonyl (C=O) groups is 1. The van der Waals surface area contributed by atoms with Gasteiger partial charge in [0, 0.05) is 29.0 Å². The number of halogens is 1. The van der Waals surface area contributed by atoms with Crippen LogP contribution in [-0.4, -0.2) is 21.6 Å². The van der Waals surface area contributed by atoms with E-state index >= 15 is 0 Å². The van der Waals surface area contributed by atoms with Gasteiger partial charge in [0.25, 0.3) is 0 Å². The average molecular weight is 308 g/mol. The van der Waals surface area contributed by atoms with Crippen molar-refractivity contribution in [3.8, 4) is 11.4 Å². The molecule has 1 aromatic heterocycles. The Bertz CT molecular complexity index is 632. The molecule has 1 heterocycles. The van der Waals surface area contributed by atoms with Crippen LogP contribution in [0.15, 0.2) is 28.8 Å². The number of hydrogen-bond donors (Lipinski definition) is 1. The molecule has 21 heavy (non-hydrogen) atoms. The van der Waals surface area contributed by atoms with Gasteiger partial charge in [0.2, 0.25) is 17.6 Å². The van der Waals surface area contributed by atoms with Gasteiger partial charge in [0.05, 0.1) is 0 Å². The van der Waals surface area contributed by atoms with Crippen molar-refractivity contribution in [2.45, 2.75) is 39.2 Å². The summed E-state index contributed by atoms with van der Waals surface area (Å²) in [4.78, 5) is 16.0. The number of nitrogens with zero attached hydrogens (tertiary/aromatic N) is 2. The summed E-state index contributed by atoms with van der Waals surface area (Å²) in [6.07, 6.45) is 0.726. The molecule has 0 spiro atoms. The smallest absolute Gasteiger partial charge is 0.227 e. The monoisotopic (exact) mass is 307 g/mol. The number of rotatable bonds is 4. The van der Waals surface area contributed by atoms with Crippen molar-refractivity contribution in [2.24, 2.45) is 0 Å². The minimum atomic E-state index is -0.238. The van der Waals surface area contributed by atoms with E-state index in [9.17, 15) is 4.79 Å². The molecule has 0 atom stereocenters. The normalized spacial score (nSPS) is 11.4. The summed E-state index contributed by atoms with van der Waals surface area (Å²) in [6.45, 7) is 5.82. The fourth-order valence-electron chi connectivity index (χ4n) is 1.80. The number of aryl methyl sites for hydroxylation is 1. The molecule has 2 rings (SSSR count). The van der Waals surface area contributed by atoms with Crippen molar-refractivity contribution in [1.82, 2.24) is 15.5 Å². The van der Waals surface area contributed by atoms with Crippen LogP contribution >= 0.6 is 11.6 Å². The standard InChI is InChI=1S/C15H18ClN3O2/c1-15(2,3)18-12(20)7-8-13-17-14(19-21-13)10-5-4-6-11(16)9-10/h4-6,9H,7-8H2,1-3H3,(H,18,20).